The number of rotatable bonds is 7. The lowest BCUT2D eigenvalue weighted by Gasteiger charge is -2.19. The van der Waals surface area contributed by atoms with Crippen LogP contribution in [0.2, 0.25) is 0 Å². The minimum absolute atomic E-state index is 0.194. The van der Waals surface area contributed by atoms with Gasteiger partial charge < -0.3 is 18.9 Å². The summed E-state index contributed by atoms with van der Waals surface area (Å²) in [4.78, 5) is 22.3. The highest BCUT2D eigenvalue weighted by molar-refractivity contribution is 5.81. The van der Waals surface area contributed by atoms with Crippen molar-refractivity contribution in [1.82, 2.24) is 0 Å². The van der Waals surface area contributed by atoms with Crippen LogP contribution in [-0.2, 0) is 28.5 Å². The van der Waals surface area contributed by atoms with Gasteiger partial charge in [0, 0.05) is 6.61 Å². The summed E-state index contributed by atoms with van der Waals surface area (Å²) in [6, 6.07) is 0. The molecule has 0 amide bonds. The molecule has 2 atom stereocenters. The Morgan fingerprint density at radius 2 is 1.81 bits per heavy atom. The van der Waals surface area contributed by atoms with Gasteiger partial charge in [-0.05, 0) is 13.8 Å². The summed E-state index contributed by atoms with van der Waals surface area (Å²) in [6.07, 6.45) is -1.78. The van der Waals surface area contributed by atoms with E-state index in [9.17, 15) is 9.59 Å². The fraction of sp³-hybridized carbons (Fsp3) is 0.800. The number of carbonyl (C=O) groups excluding carboxylic acids is 2. The van der Waals surface area contributed by atoms with E-state index in [1.807, 2.05) is 0 Å². The second kappa shape index (κ2) is 8.06. The van der Waals surface area contributed by atoms with E-state index >= 15 is 0 Å². The average Bonchev–Trinajstić information content (AvgIpc) is 2.27. The smallest absolute Gasteiger partial charge is 0.335 e. The van der Waals surface area contributed by atoms with E-state index in [1.165, 1.54) is 14.2 Å². The Morgan fingerprint density at radius 1 is 1.19 bits per heavy atom. The first-order valence-electron chi connectivity index (χ1n) is 4.96. The van der Waals surface area contributed by atoms with E-state index < -0.39 is 24.3 Å². The van der Waals surface area contributed by atoms with Crippen molar-refractivity contribution in [3.05, 3.63) is 0 Å². The largest absolute Gasteiger partial charge is 0.469 e. The van der Waals surface area contributed by atoms with E-state index in [4.69, 9.17) is 9.47 Å². The molecular formula is C10H18O6. The summed E-state index contributed by atoms with van der Waals surface area (Å²) < 4.78 is 19.3. The summed E-state index contributed by atoms with van der Waals surface area (Å²) in [5, 5.41) is 0. The lowest BCUT2D eigenvalue weighted by Crippen LogP contribution is -2.33. The van der Waals surface area contributed by atoms with Crippen LogP contribution in [0.5, 0.6) is 0 Å². The molecule has 0 aliphatic carbocycles. The maximum absolute atomic E-state index is 11.3. The molecule has 0 aromatic carbocycles. The van der Waals surface area contributed by atoms with Crippen LogP contribution in [0.25, 0.3) is 0 Å². The van der Waals surface area contributed by atoms with E-state index in [2.05, 4.69) is 9.47 Å². The second-order valence-electron chi connectivity index (χ2n) is 2.95. The first-order chi connectivity index (χ1) is 7.54. The summed E-state index contributed by atoms with van der Waals surface area (Å²) in [5.74, 6) is -1.17. The molecule has 0 unspecified atom stereocenters. The van der Waals surface area contributed by atoms with E-state index in [0.717, 1.165) is 0 Å². The zero-order chi connectivity index (χ0) is 12.6. The second-order valence-corrected chi connectivity index (χ2v) is 2.95. The molecule has 0 bridgehead atoms. The van der Waals surface area contributed by atoms with Gasteiger partial charge in [-0.15, -0.1) is 0 Å². The van der Waals surface area contributed by atoms with E-state index in [-0.39, 0.29) is 6.42 Å². The van der Waals surface area contributed by atoms with Crippen molar-refractivity contribution in [1.29, 1.82) is 0 Å². The predicted octanol–water partition coefficient (Wildman–Crippen LogP) is 0.490. The molecule has 0 saturated carbocycles. The first kappa shape index (κ1) is 14.9. The fourth-order valence-electron chi connectivity index (χ4n) is 1.06. The van der Waals surface area contributed by atoms with Gasteiger partial charge in [0.05, 0.1) is 20.6 Å². The molecule has 0 spiro atoms. The molecule has 16 heavy (non-hydrogen) atoms. The molecule has 0 N–H and O–H groups in total. The molecule has 0 aromatic heterocycles. The zero-order valence-corrected chi connectivity index (χ0v) is 10.0. The Hall–Kier alpha value is -1.14. The number of ether oxygens (including phenoxy) is 4. The molecule has 0 radical (unpaired) electrons. The van der Waals surface area contributed by atoms with Crippen molar-refractivity contribution < 1.29 is 28.5 Å². The lowest BCUT2D eigenvalue weighted by atomic mass is 10.2. The van der Waals surface area contributed by atoms with Gasteiger partial charge in [-0.3, -0.25) is 4.79 Å². The minimum atomic E-state index is -1.00. The highest BCUT2D eigenvalue weighted by atomic mass is 16.7. The maximum atomic E-state index is 11.3. The first-order valence-corrected chi connectivity index (χ1v) is 4.96. The van der Waals surface area contributed by atoms with E-state index in [0.29, 0.717) is 6.61 Å². The average molecular weight is 234 g/mol. The molecular weight excluding hydrogens is 216 g/mol. The topological polar surface area (TPSA) is 71.1 Å². The third-order valence-electron chi connectivity index (χ3n) is 1.80. The number of hydrogen-bond acceptors (Lipinski definition) is 6. The molecule has 0 heterocycles. The lowest BCUT2D eigenvalue weighted by molar-refractivity contribution is -0.189. The van der Waals surface area contributed by atoms with Gasteiger partial charge in [0.15, 0.2) is 12.4 Å². The van der Waals surface area contributed by atoms with E-state index in [1.54, 1.807) is 13.8 Å². The molecule has 6 nitrogen and oxygen atoms in total. The van der Waals surface area contributed by atoms with Gasteiger partial charge in [0.25, 0.3) is 0 Å². The molecule has 0 aliphatic heterocycles. The summed E-state index contributed by atoms with van der Waals surface area (Å²) in [7, 11) is 2.46. The van der Waals surface area contributed by atoms with Crippen LogP contribution in [-0.4, -0.2) is 45.2 Å². The maximum Gasteiger partial charge on any atom is 0.335 e. The van der Waals surface area contributed by atoms with Crippen LogP contribution >= 0.6 is 0 Å². The van der Waals surface area contributed by atoms with Gasteiger partial charge in [-0.1, -0.05) is 0 Å². The summed E-state index contributed by atoms with van der Waals surface area (Å²) in [6.45, 7) is 3.89. The highest BCUT2D eigenvalue weighted by Crippen LogP contribution is 2.07. The standard InChI is InChI=1S/C10H18O6/c1-5-15-7(2)16-8(10(12)14-4)6-9(11)13-3/h7-8H,5-6H2,1-4H3/t7-,8+/m1/s1. The van der Waals surface area contributed by atoms with Crippen LogP contribution in [0.15, 0.2) is 0 Å². The molecule has 0 saturated heterocycles. The van der Waals surface area contributed by atoms with Gasteiger partial charge in [0.1, 0.15) is 0 Å². The molecule has 0 rings (SSSR count). The molecule has 0 aromatic rings. The van der Waals surface area contributed by atoms with Gasteiger partial charge in [-0.2, -0.15) is 0 Å². The molecule has 94 valence electrons. The van der Waals surface area contributed by atoms with Gasteiger partial charge in [-0.25, -0.2) is 4.79 Å². The van der Waals surface area contributed by atoms with Crippen molar-refractivity contribution in [2.24, 2.45) is 0 Å². The number of methoxy groups -OCH3 is 2. The Balaban J connectivity index is 4.31. The van der Waals surface area contributed by atoms with Crippen molar-refractivity contribution in [2.45, 2.75) is 32.7 Å². The van der Waals surface area contributed by atoms with Crippen molar-refractivity contribution in [2.75, 3.05) is 20.8 Å². The Labute approximate surface area is 94.8 Å². The molecule has 6 heteroatoms. The van der Waals surface area contributed by atoms with Crippen LogP contribution < -0.4 is 0 Å². The SMILES string of the molecule is CCO[C@@H](C)O[C@@H](CC(=O)OC)C(=O)OC. The minimum Gasteiger partial charge on any atom is -0.469 e. The Morgan fingerprint density at radius 3 is 2.25 bits per heavy atom. The van der Waals surface area contributed by atoms with Gasteiger partial charge in [0.2, 0.25) is 0 Å². The van der Waals surface area contributed by atoms with Crippen LogP contribution in [0.3, 0.4) is 0 Å². The summed E-state index contributed by atoms with van der Waals surface area (Å²) >= 11 is 0. The van der Waals surface area contributed by atoms with Crippen molar-refractivity contribution in [3.8, 4) is 0 Å². The normalized spacial score (nSPS) is 14.0. The molecule has 0 fully saturated rings. The Kier molecular flexibility index (Phi) is 7.49. The number of carbonyl (C=O) groups is 2. The van der Waals surface area contributed by atoms with Crippen LogP contribution in [0, 0.1) is 0 Å². The predicted molar refractivity (Wildman–Crippen MR) is 54.6 cm³/mol. The summed E-state index contributed by atoms with van der Waals surface area (Å²) in [5.41, 5.74) is 0. The third-order valence-corrected chi connectivity index (χ3v) is 1.80. The van der Waals surface area contributed by atoms with Crippen molar-refractivity contribution >= 4 is 11.9 Å². The van der Waals surface area contributed by atoms with Crippen molar-refractivity contribution in [3.63, 3.8) is 0 Å². The monoisotopic (exact) mass is 234 g/mol. The highest BCUT2D eigenvalue weighted by Gasteiger charge is 2.26. The Bertz CT molecular complexity index is 227. The fourth-order valence-corrected chi connectivity index (χ4v) is 1.06. The van der Waals surface area contributed by atoms with Gasteiger partial charge >= 0.3 is 11.9 Å². The van der Waals surface area contributed by atoms with Crippen LogP contribution in [0.1, 0.15) is 20.3 Å². The van der Waals surface area contributed by atoms with Crippen LogP contribution in [0.4, 0.5) is 0 Å². The number of hydrogen-bond donors (Lipinski definition) is 0. The zero-order valence-electron chi connectivity index (χ0n) is 10.0. The quantitative estimate of drug-likeness (QED) is 0.471. The third kappa shape index (κ3) is 5.67. The molecule has 0 aliphatic rings. The number of esters is 2.